The van der Waals surface area contributed by atoms with E-state index in [2.05, 4.69) is 31.3 Å². The summed E-state index contributed by atoms with van der Waals surface area (Å²) >= 11 is 0. The van der Waals surface area contributed by atoms with Gasteiger partial charge in [-0.3, -0.25) is 9.59 Å². The zero-order valence-corrected chi connectivity index (χ0v) is 54.3. The molecule has 0 rings (SSSR count). The van der Waals surface area contributed by atoms with Gasteiger partial charge in [0, 0.05) is 12.8 Å². The predicted octanol–water partition coefficient (Wildman–Crippen LogP) is 23.7. The van der Waals surface area contributed by atoms with Crippen LogP contribution in [0.4, 0.5) is 0 Å². The van der Waals surface area contributed by atoms with Crippen LogP contribution in [-0.4, -0.2) is 47.4 Å². The van der Waals surface area contributed by atoms with Gasteiger partial charge < -0.3 is 20.3 Å². The quantitative estimate of drug-likeness (QED) is 0.0320. The fourth-order valence-electron chi connectivity index (χ4n) is 11.6. The third-order valence-electron chi connectivity index (χ3n) is 17.2. The standard InChI is InChI=1S/C74H143NO5/c1-3-5-7-9-11-13-15-17-19-20-21-22-23-26-29-32-35-39-42-46-50-54-58-62-66-72(77)71(70-76)75-73(78)67-63-59-55-51-47-43-40-36-33-30-27-24-25-28-31-34-37-41-45-49-53-57-61-65-69-80-74(79)68-64-60-56-52-48-44-38-18-16-14-12-10-8-6-4-2/h18,38,62,66,71-72,76-77H,3-17,19-37,39-61,63-65,67-70H2,1-2H3,(H,75,78)/b38-18-,66-62+. The molecule has 2 unspecified atom stereocenters. The summed E-state index contributed by atoms with van der Waals surface area (Å²) in [6.45, 7) is 4.94. The molecule has 0 heterocycles. The van der Waals surface area contributed by atoms with E-state index in [0.717, 1.165) is 44.9 Å². The van der Waals surface area contributed by atoms with E-state index in [1.165, 1.54) is 340 Å². The van der Waals surface area contributed by atoms with Gasteiger partial charge in [0.25, 0.3) is 0 Å². The number of rotatable bonds is 69. The first-order valence-electron chi connectivity index (χ1n) is 36.6. The second kappa shape index (κ2) is 69.8. The van der Waals surface area contributed by atoms with Crippen LogP contribution in [0.15, 0.2) is 24.3 Å². The molecule has 0 aliphatic heterocycles. The van der Waals surface area contributed by atoms with Gasteiger partial charge in [-0.1, -0.05) is 366 Å². The van der Waals surface area contributed by atoms with E-state index in [9.17, 15) is 19.8 Å². The molecule has 1 amide bonds. The van der Waals surface area contributed by atoms with Crippen molar-refractivity contribution in [3.63, 3.8) is 0 Å². The van der Waals surface area contributed by atoms with Gasteiger partial charge in [-0.25, -0.2) is 0 Å². The molecule has 80 heavy (non-hydrogen) atoms. The molecule has 0 spiro atoms. The third-order valence-corrected chi connectivity index (χ3v) is 17.2. The second-order valence-corrected chi connectivity index (χ2v) is 25.3. The van der Waals surface area contributed by atoms with Crippen molar-refractivity contribution in [3.05, 3.63) is 24.3 Å². The highest BCUT2D eigenvalue weighted by Crippen LogP contribution is 2.19. The highest BCUT2D eigenvalue weighted by atomic mass is 16.5. The van der Waals surface area contributed by atoms with Gasteiger partial charge in [-0.15, -0.1) is 0 Å². The molecule has 0 radical (unpaired) electrons. The van der Waals surface area contributed by atoms with E-state index in [1.807, 2.05) is 6.08 Å². The Kier molecular flexibility index (Phi) is 68.4. The maximum atomic E-state index is 12.5. The van der Waals surface area contributed by atoms with E-state index in [4.69, 9.17) is 4.74 Å². The largest absolute Gasteiger partial charge is 0.466 e. The molecule has 0 bridgehead atoms. The van der Waals surface area contributed by atoms with Gasteiger partial charge >= 0.3 is 5.97 Å². The van der Waals surface area contributed by atoms with Crippen molar-refractivity contribution in [2.75, 3.05) is 13.2 Å². The summed E-state index contributed by atoms with van der Waals surface area (Å²) in [4.78, 5) is 24.6. The van der Waals surface area contributed by atoms with Crippen LogP contribution in [0.5, 0.6) is 0 Å². The molecular weight excluding hydrogens is 983 g/mol. The van der Waals surface area contributed by atoms with Crippen molar-refractivity contribution >= 4 is 11.9 Å². The maximum Gasteiger partial charge on any atom is 0.305 e. The average Bonchev–Trinajstić information content (AvgIpc) is 3.46. The van der Waals surface area contributed by atoms with Crippen molar-refractivity contribution in [2.45, 2.75) is 424 Å². The maximum absolute atomic E-state index is 12.5. The van der Waals surface area contributed by atoms with Gasteiger partial charge in [0.15, 0.2) is 0 Å². The predicted molar refractivity (Wildman–Crippen MR) is 352 cm³/mol. The van der Waals surface area contributed by atoms with Crippen LogP contribution >= 0.6 is 0 Å². The van der Waals surface area contributed by atoms with Crippen LogP contribution in [-0.2, 0) is 14.3 Å². The van der Waals surface area contributed by atoms with Crippen LogP contribution in [0.1, 0.15) is 412 Å². The van der Waals surface area contributed by atoms with Crippen molar-refractivity contribution < 1.29 is 24.5 Å². The molecule has 0 aromatic carbocycles. The zero-order valence-electron chi connectivity index (χ0n) is 54.3. The Morgan fingerprint density at radius 3 is 0.887 bits per heavy atom. The van der Waals surface area contributed by atoms with E-state index in [0.29, 0.717) is 19.4 Å². The Labute approximate surface area is 501 Å². The summed E-state index contributed by atoms with van der Waals surface area (Å²) in [6, 6.07) is -0.628. The van der Waals surface area contributed by atoms with Crippen LogP contribution in [0.25, 0.3) is 0 Å². The van der Waals surface area contributed by atoms with Crippen LogP contribution in [0.3, 0.4) is 0 Å². The van der Waals surface area contributed by atoms with Gasteiger partial charge in [0.05, 0.1) is 25.4 Å². The van der Waals surface area contributed by atoms with Crippen molar-refractivity contribution in [1.82, 2.24) is 5.32 Å². The Balaban J connectivity index is 3.39. The summed E-state index contributed by atoms with van der Waals surface area (Å²) in [5.41, 5.74) is 0. The number of esters is 1. The first-order chi connectivity index (χ1) is 39.5. The van der Waals surface area contributed by atoms with Gasteiger partial charge in [-0.2, -0.15) is 0 Å². The van der Waals surface area contributed by atoms with Crippen molar-refractivity contribution in [1.29, 1.82) is 0 Å². The minimum Gasteiger partial charge on any atom is -0.466 e. The van der Waals surface area contributed by atoms with E-state index in [1.54, 1.807) is 6.08 Å². The summed E-state index contributed by atoms with van der Waals surface area (Å²) < 4.78 is 5.49. The monoisotopic (exact) mass is 1130 g/mol. The number of hydrogen-bond donors (Lipinski definition) is 3. The van der Waals surface area contributed by atoms with Crippen LogP contribution < -0.4 is 5.32 Å². The van der Waals surface area contributed by atoms with Gasteiger partial charge in [-0.05, 0) is 57.8 Å². The minimum atomic E-state index is -0.845. The lowest BCUT2D eigenvalue weighted by molar-refractivity contribution is -0.143. The molecule has 0 aliphatic carbocycles. The summed E-state index contributed by atoms with van der Waals surface area (Å²) in [6.07, 6.45) is 88.3. The number of unbranched alkanes of at least 4 members (excludes halogenated alkanes) is 56. The molecule has 474 valence electrons. The molecule has 2 atom stereocenters. The van der Waals surface area contributed by atoms with E-state index >= 15 is 0 Å². The Morgan fingerprint density at radius 2 is 0.588 bits per heavy atom. The molecule has 6 nitrogen and oxygen atoms in total. The number of carbonyl (C=O) groups excluding carboxylic acids is 2. The van der Waals surface area contributed by atoms with Crippen LogP contribution in [0, 0.1) is 0 Å². The number of hydrogen-bond acceptors (Lipinski definition) is 5. The Bertz CT molecular complexity index is 1250. The van der Waals surface area contributed by atoms with Crippen molar-refractivity contribution in [3.8, 4) is 0 Å². The van der Waals surface area contributed by atoms with Crippen LogP contribution in [0.2, 0.25) is 0 Å². The van der Waals surface area contributed by atoms with E-state index in [-0.39, 0.29) is 18.5 Å². The molecule has 0 saturated carbocycles. The highest BCUT2D eigenvalue weighted by Gasteiger charge is 2.18. The number of amides is 1. The molecule has 0 saturated heterocycles. The first-order valence-corrected chi connectivity index (χ1v) is 36.6. The molecule has 0 fully saturated rings. The molecule has 0 aromatic rings. The van der Waals surface area contributed by atoms with Gasteiger partial charge in [0.2, 0.25) is 5.91 Å². The molecular formula is C74H143NO5. The molecule has 0 aromatic heterocycles. The second-order valence-electron chi connectivity index (χ2n) is 25.3. The fraction of sp³-hybridized carbons (Fsp3) is 0.919. The number of aliphatic hydroxyl groups excluding tert-OH is 2. The minimum absolute atomic E-state index is 0.00800. The SMILES string of the molecule is CCCCCCCC/C=C\CCCCCCCC(=O)OCCCCCCCCCCCCCCCCCCCCCCCCCCC(=O)NC(CO)C(O)/C=C/CCCCCCCCCCCCCCCCCCCCCCCC. The molecule has 6 heteroatoms. The smallest absolute Gasteiger partial charge is 0.305 e. The normalized spacial score (nSPS) is 12.6. The molecule has 3 N–H and O–H groups in total. The summed E-state index contributed by atoms with van der Waals surface area (Å²) in [5, 5.41) is 23.3. The lowest BCUT2D eigenvalue weighted by Gasteiger charge is -2.20. The lowest BCUT2D eigenvalue weighted by Crippen LogP contribution is -2.45. The summed E-state index contributed by atoms with van der Waals surface area (Å²) in [5.74, 6) is -0.0541. The Morgan fingerprint density at radius 1 is 0.338 bits per heavy atom. The Hall–Kier alpha value is -1.66. The van der Waals surface area contributed by atoms with Gasteiger partial charge in [0.1, 0.15) is 0 Å². The van der Waals surface area contributed by atoms with E-state index < -0.39 is 12.1 Å². The van der Waals surface area contributed by atoms with Crippen molar-refractivity contribution in [2.24, 2.45) is 0 Å². The number of nitrogens with one attached hydrogen (secondary N) is 1. The number of ether oxygens (including phenoxy) is 1. The zero-order chi connectivity index (χ0) is 57.8. The topological polar surface area (TPSA) is 95.9 Å². The number of carbonyl (C=O) groups is 2. The third kappa shape index (κ3) is 65.5. The average molecular weight is 1130 g/mol. The highest BCUT2D eigenvalue weighted by molar-refractivity contribution is 5.76. The lowest BCUT2D eigenvalue weighted by atomic mass is 10.0. The number of aliphatic hydroxyl groups is 2. The number of allylic oxidation sites excluding steroid dienone is 3. The fourth-order valence-corrected chi connectivity index (χ4v) is 11.6. The summed E-state index contributed by atoms with van der Waals surface area (Å²) in [7, 11) is 0. The first kappa shape index (κ1) is 78.3. The molecule has 0 aliphatic rings.